The Morgan fingerprint density at radius 2 is 1.91 bits per heavy atom. The van der Waals surface area contributed by atoms with Gasteiger partial charge in [0.2, 0.25) is 5.91 Å². The first kappa shape index (κ1) is 20.2. The molecule has 5 rings (SSSR count). The highest BCUT2D eigenvalue weighted by atomic mass is 19.1. The Bertz CT molecular complexity index is 1310. The van der Waals surface area contributed by atoms with Gasteiger partial charge >= 0.3 is 0 Å². The summed E-state index contributed by atoms with van der Waals surface area (Å²) < 4.78 is 21.6. The van der Waals surface area contributed by atoms with Crippen molar-refractivity contribution in [3.05, 3.63) is 89.0 Å². The molecule has 32 heavy (non-hydrogen) atoms. The number of benzene rings is 2. The topological polar surface area (TPSA) is 55.6 Å². The van der Waals surface area contributed by atoms with E-state index in [1.54, 1.807) is 12.1 Å². The van der Waals surface area contributed by atoms with E-state index in [4.69, 9.17) is 9.72 Å². The largest absolute Gasteiger partial charge is 0.490 e. The van der Waals surface area contributed by atoms with E-state index in [1.807, 2.05) is 60.8 Å². The molecule has 0 spiro atoms. The molecule has 5 nitrogen and oxygen atoms in total. The van der Waals surface area contributed by atoms with Gasteiger partial charge in [0, 0.05) is 23.7 Å². The van der Waals surface area contributed by atoms with Gasteiger partial charge in [0.15, 0.2) is 11.6 Å². The number of ether oxygens (including phenoxy) is 1. The van der Waals surface area contributed by atoms with Gasteiger partial charge in [0.05, 0.1) is 30.5 Å². The lowest BCUT2D eigenvalue weighted by Crippen LogP contribution is -2.33. The summed E-state index contributed by atoms with van der Waals surface area (Å²) in [5.41, 5.74) is 6.32. The molecule has 2 aromatic carbocycles. The molecule has 1 amide bonds. The summed E-state index contributed by atoms with van der Waals surface area (Å²) in [6.45, 7) is 4.42. The molecule has 0 bridgehead atoms. The number of aryl methyl sites for hydroxylation is 2. The second-order valence-corrected chi connectivity index (χ2v) is 8.30. The maximum absolute atomic E-state index is 14.1. The highest BCUT2D eigenvalue weighted by molar-refractivity contribution is 5.82. The summed E-state index contributed by atoms with van der Waals surface area (Å²) in [5.74, 6) is -0.307. The van der Waals surface area contributed by atoms with Crippen LogP contribution in [0, 0.1) is 19.7 Å². The van der Waals surface area contributed by atoms with E-state index in [-0.39, 0.29) is 24.1 Å². The zero-order valence-electron chi connectivity index (χ0n) is 18.1. The lowest BCUT2D eigenvalue weighted by atomic mass is 10.00. The number of carbonyl (C=O) groups is 1. The predicted molar refractivity (Wildman–Crippen MR) is 121 cm³/mol. The van der Waals surface area contributed by atoms with Gasteiger partial charge in [-0.1, -0.05) is 48.0 Å². The summed E-state index contributed by atoms with van der Waals surface area (Å²) in [6, 6.07) is 16.7. The maximum Gasteiger partial charge on any atom is 0.226 e. The van der Waals surface area contributed by atoms with Crippen molar-refractivity contribution in [2.24, 2.45) is 0 Å². The Morgan fingerprint density at radius 3 is 2.72 bits per heavy atom. The Balaban J connectivity index is 1.48. The molecule has 0 aliphatic carbocycles. The van der Waals surface area contributed by atoms with Gasteiger partial charge in [-0.15, -0.1) is 0 Å². The van der Waals surface area contributed by atoms with Gasteiger partial charge in [0.1, 0.15) is 5.65 Å². The minimum Gasteiger partial charge on any atom is -0.490 e. The number of rotatable bonds is 4. The van der Waals surface area contributed by atoms with Crippen LogP contribution in [0.15, 0.2) is 60.8 Å². The fourth-order valence-electron chi connectivity index (χ4n) is 4.24. The zero-order chi connectivity index (χ0) is 22.2. The highest BCUT2D eigenvalue weighted by Gasteiger charge is 2.26. The van der Waals surface area contributed by atoms with Crippen molar-refractivity contribution >= 4 is 11.6 Å². The highest BCUT2D eigenvalue weighted by Crippen LogP contribution is 2.34. The number of hydrogen-bond donors (Lipinski definition) is 1. The number of amides is 1. The standard InChI is InChI=1S/C26H24FN3O2/c1-16-6-9-18(10-7-16)25-22(30-15-17(2)8-11-23(30)29-25)14-24(31)28-21-12-13-32-26-19(21)4-3-5-20(26)27/h3-11,15,21H,12-14H2,1-2H3,(H,28,31). The van der Waals surface area contributed by atoms with Crippen molar-refractivity contribution in [1.82, 2.24) is 14.7 Å². The molecule has 0 radical (unpaired) electrons. The van der Waals surface area contributed by atoms with Crippen LogP contribution in [-0.2, 0) is 11.2 Å². The van der Waals surface area contributed by atoms with Crippen molar-refractivity contribution in [2.75, 3.05) is 6.61 Å². The fraction of sp³-hybridized carbons (Fsp3) is 0.231. The summed E-state index contributed by atoms with van der Waals surface area (Å²) in [6.07, 6.45) is 2.76. The number of nitrogens with one attached hydrogen (secondary N) is 1. The van der Waals surface area contributed by atoms with Gasteiger partial charge in [-0.2, -0.15) is 0 Å². The van der Waals surface area contributed by atoms with Gasteiger partial charge in [0.25, 0.3) is 0 Å². The van der Waals surface area contributed by atoms with E-state index >= 15 is 0 Å². The Kier molecular flexibility index (Phi) is 5.13. The molecule has 0 saturated carbocycles. The molecule has 0 saturated heterocycles. The maximum atomic E-state index is 14.1. The second-order valence-electron chi connectivity index (χ2n) is 8.30. The lowest BCUT2D eigenvalue weighted by Gasteiger charge is -2.27. The molecule has 1 atom stereocenters. The molecule has 1 N–H and O–H groups in total. The molecule has 162 valence electrons. The number of hydrogen-bond acceptors (Lipinski definition) is 3. The molecular formula is C26H24FN3O2. The number of nitrogens with zero attached hydrogens (tertiary/aromatic N) is 2. The van der Waals surface area contributed by atoms with Crippen LogP contribution in [0.5, 0.6) is 5.75 Å². The Hall–Kier alpha value is -3.67. The number of aromatic nitrogens is 2. The van der Waals surface area contributed by atoms with E-state index in [9.17, 15) is 9.18 Å². The lowest BCUT2D eigenvalue weighted by molar-refractivity contribution is -0.121. The van der Waals surface area contributed by atoms with E-state index in [1.165, 1.54) is 6.07 Å². The molecule has 1 unspecified atom stereocenters. The van der Waals surface area contributed by atoms with E-state index < -0.39 is 5.82 Å². The van der Waals surface area contributed by atoms with E-state index in [2.05, 4.69) is 5.32 Å². The van der Waals surface area contributed by atoms with Crippen LogP contribution in [0.4, 0.5) is 4.39 Å². The third kappa shape index (κ3) is 3.73. The van der Waals surface area contributed by atoms with Crippen molar-refractivity contribution in [3.8, 4) is 17.0 Å². The smallest absolute Gasteiger partial charge is 0.226 e. The first-order valence-electron chi connectivity index (χ1n) is 10.7. The number of para-hydroxylation sites is 1. The van der Waals surface area contributed by atoms with Crippen LogP contribution >= 0.6 is 0 Å². The summed E-state index contributed by atoms with van der Waals surface area (Å²) in [4.78, 5) is 18.0. The van der Waals surface area contributed by atoms with Crippen LogP contribution in [0.3, 0.4) is 0 Å². The second kappa shape index (κ2) is 8.11. The van der Waals surface area contributed by atoms with Gasteiger partial charge in [-0.05, 0) is 31.5 Å². The third-order valence-electron chi connectivity index (χ3n) is 5.88. The van der Waals surface area contributed by atoms with Gasteiger partial charge in [-0.25, -0.2) is 9.37 Å². The summed E-state index contributed by atoms with van der Waals surface area (Å²) >= 11 is 0. The van der Waals surface area contributed by atoms with Crippen LogP contribution < -0.4 is 10.1 Å². The van der Waals surface area contributed by atoms with Crippen LogP contribution in [-0.4, -0.2) is 21.9 Å². The molecule has 1 aliphatic heterocycles. The average molecular weight is 429 g/mol. The quantitative estimate of drug-likeness (QED) is 0.500. The summed E-state index contributed by atoms with van der Waals surface area (Å²) in [7, 11) is 0. The monoisotopic (exact) mass is 429 g/mol. The average Bonchev–Trinajstić information content (AvgIpc) is 3.12. The van der Waals surface area contributed by atoms with Crippen molar-refractivity contribution in [3.63, 3.8) is 0 Å². The molecule has 0 fully saturated rings. The van der Waals surface area contributed by atoms with Crippen LogP contribution in [0.2, 0.25) is 0 Å². The van der Waals surface area contributed by atoms with E-state index in [0.29, 0.717) is 18.6 Å². The van der Waals surface area contributed by atoms with Gasteiger partial charge in [-0.3, -0.25) is 4.79 Å². The molecule has 2 aromatic heterocycles. The molecular weight excluding hydrogens is 405 g/mol. The minimum absolute atomic E-state index is 0.135. The van der Waals surface area contributed by atoms with Crippen molar-refractivity contribution < 1.29 is 13.9 Å². The molecule has 4 aromatic rings. The molecule has 6 heteroatoms. The van der Waals surface area contributed by atoms with Crippen LogP contribution in [0.1, 0.15) is 34.8 Å². The number of imidazole rings is 1. The number of pyridine rings is 1. The van der Waals surface area contributed by atoms with Crippen LogP contribution in [0.25, 0.3) is 16.9 Å². The SMILES string of the molecule is Cc1ccc(-c2nc3ccc(C)cn3c2CC(=O)NC2CCOc3c(F)cccc32)cc1. The third-order valence-corrected chi connectivity index (χ3v) is 5.88. The van der Waals surface area contributed by atoms with Crippen molar-refractivity contribution in [1.29, 1.82) is 0 Å². The number of carbonyl (C=O) groups excluding carboxylic acids is 1. The first-order valence-corrected chi connectivity index (χ1v) is 10.7. The zero-order valence-corrected chi connectivity index (χ0v) is 18.1. The molecule has 1 aliphatic rings. The fourth-order valence-corrected chi connectivity index (χ4v) is 4.24. The number of halogens is 1. The van der Waals surface area contributed by atoms with E-state index in [0.717, 1.165) is 33.7 Å². The Morgan fingerprint density at radius 1 is 1.12 bits per heavy atom. The normalized spacial score (nSPS) is 15.3. The first-order chi connectivity index (χ1) is 15.5. The number of fused-ring (bicyclic) bond motifs is 2. The van der Waals surface area contributed by atoms with Crippen molar-refractivity contribution in [2.45, 2.75) is 32.7 Å². The predicted octanol–water partition coefficient (Wildman–Crippen LogP) is 4.94. The van der Waals surface area contributed by atoms with Gasteiger partial charge < -0.3 is 14.5 Å². The molecule has 3 heterocycles. The Labute approximate surface area is 185 Å². The summed E-state index contributed by atoms with van der Waals surface area (Å²) in [5, 5.41) is 3.08. The minimum atomic E-state index is -0.402.